The fourth-order valence-corrected chi connectivity index (χ4v) is 2.44. The third-order valence-corrected chi connectivity index (χ3v) is 3.75. The molecule has 4 nitrogen and oxygen atoms in total. The van der Waals surface area contributed by atoms with E-state index in [1.807, 2.05) is 12.1 Å². The summed E-state index contributed by atoms with van der Waals surface area (Å²) in [6.07, 6.45) is 3.47. The Hall–Kier alpha value is -1.71. The maximum atomic E-state index is 11.8. The second-order valence-corrected chi connectivity index (χ2v) is 6.52. The zero-order chi connectivity index (χ0) is 15.5. The molecule has 0 amide bonds. The summed E-state index contributed by atoms with van der Waals surface area (Å²) in [4.78, 5) is 11.8. The second kappa shape index (κ2) is 6.37. The van der Waals surface area contributed by atoms with Crippen LogP contribution >= 0.6 is 0 Å². The van der Waals surface area contributed by atoms with Gasteiger partial charge >= 0.3 is 6.16 Å². The van der Waals surface area contributed by atoms with Gasteiger partial charge in [0.1, 0.15) is 17.6 Å². The van der Waals surface area contributed by atoms with Gasteiger partial charge in [0.05, 0.1) is 7.11 Å². The number of methoxy groups -OCH3 is 1. The van der Waals surface area contributed by atoms with Crippen LogP contribution < -0.4 is 9.47 Å². The Labute approximate surface area is 126 Å². The number of benzene rings is 1. The number of hydrogen-bond acceptors (Lipinski definition) is 4. The lowest BCUT2D eigenvalue weighted by molar-refractivity contribution is 0.0612. The largest absolute Gasteiger partial charge is 0.514 e. The topological polar surface area (TPSA) is 44.8 Å². The number of ether oxygens (including phenoxy) is 3. The van der Waals surface area contributed by atoms with Crippen LogP contribution in [-0.4, -0.2) is 19.4 Å². The van der Waals surface area contributed by atoms with Crippen LogP contribution in [0.1, 0.15) is 52.0 Å². The van der Waals surface area contributed by atoms with E-state index < -0.39 is 6.16 Å². The van der Waals surface area contributed by atoms with Crippen LogP contribution in [0.5, 0.6) is 11.5 Å². The van der Waals surface area contributed by atoms with E-state index in [1.54, 1.807) is 13.2 Å². The van der Waals surface area contributed by atoms with Crippen molar-refractivity contribution in [2.45, 2.75) is 58.0 Å². The van der Waals surface area contributed by atoms with Crippen molar-refractivity contribution in [1.29, 1.82) is 0 Å². The molecule has 116 valence electrons. The normalized spacial score (nSPS) is 15.8. The van der Waals surface area contributed by atoms with Crippen LogP contribution in [-0.2, 0) is 10.2 Å². The predicted octanol–water partition coefficient (Wildman–Crippen LogP) is 4.45. The van der Waals surface area contributed by atoms with Crippen molar-refractivity contribution in [2.75, 3.05) is 7.11 Å². The first-order valence-electron chi connectivity index (χ1n) is 7.46. The molecule has 0 N–H and O–H groups in total. The molecule has 0 radical (unpaired) electrons. The van der Waals surface area contributed by atoms with Gasteiger partial charge in [-0.15, -0.1) is 0 Å². The summed E-state index contributed by atoms with van der Waals surface area (Å²) in [6, 6.07) is 5.51. The lowest BCUT2D eigenvalue weighted by Gasteiger charge is -2.21. The van der Waals surface area contributed by atoms with E-state index in [1.165, 1.54) is 0 Å². The van der Waals surface area contributed by atoms with E-state index in [4.69, 9.17) is 14.2 Å². The van der Waals surface area contributed by atoms with E-state index in [0.29, 0.717) is 11.5 Å². The maximum absolute atomic E-state index is 11.8. The van der Waals surface area contributed by atoms with E-state index in [2.05, 4.69) is 20.8 Å². The fourth-order valence-electron chi connectivity index (χ4n) is 2.44. The number of hydrogen-bond donors (Lipinski definition) is 0. The van der Waals surface area contributed by atoms with Gasteiger partial charge in [0.2, 0.25) is 0 Å². The highest BCUT2D eigenvalue weighted by Crippen LogP contribution is 2.31. The fraction of sp³-hybridized carbons (Fsp3) is 0.588. The van der Waals surface area contributed by atoms with Crippen LogP contribution in [0.15, 0.2) is 18.2 Å². The lowest BCUT2D eigenvalue weighted by atomic mass is 9.87. The van der Waals surface area contributed by atoms with Crippen LogP contribution in [0.2, 0.25) is 0 Å². The number of carbonyl (C=O) groups excluding carboxylic acids is 1. The quantitative estimate of drug-likeness (QED) is 0.610. The summed E-state index contributed by atoms with van der Waals surface area (Å²) >= 11 is 0. The lowest BCUT2D eigenvalue weighted by Crippen LogP contribution is -2.18. The van der Waals surface area contributed by atoms with Gasteiger partial charge in [-0.25, -0.2) is 4.79 Å². The molecular formula is C17H24O4. The van der Waals surface area contributed by atoms with Gasteiger partial charge in [0, 0.05) is 6.07 Å². The Balaban J connectivity index is 2.09. The minimum absolute atomic E-state index is 0.00481. The molecule has 2 rings (SSSR count). The summed E-state index contributed by atoms with van der Waals surface area (Å²) in [6.45, 7) is 6.30. The zero-order valence-electron chi connectivity index (χ0n) is 13.3. The second-order valence-electron chi connectivity index (χ2n) is 6.52. The van der Waals surface area contributed by atoms with Crippen LogP contribution in [0.3, 0.4) is 0 Å². The Morgan fingerprint density at radius 3 is 2.29 bits per heavy atom. The molecule has 1 saturated carbocycles. The van der Waals surface area contributed by atoms with Crippen LogP contribution in [0, 0.1) is 0 Å². The van der Waals surface area contributed by atoms with Gasteiger partial charge in [0.15, 0.2) is 0 Å². The van der Waals surface area contributed by atoms with Gasteiger partial charge in [-0.05, 0) is 48.8 Å². The molecule has 4 heteroatoms. The van der Waals surface area contributed by atoms with E-state index >= 15 is 0 Å². The first-order valence-corrected chi connectivity index (χ1v) is 7.46. The highest BCUT2D eigenvalue weighted by Gasteiger charge is 2.21. The minimum Gasteiger partial charge on any atom is -0.497 e. The molecule has 1 aliphatic rings. The Morgan fingerprint density at radius 1 is 1.10 bits per heavy atom. The van der Waals surface area contributed by atoms with Gasteiger partial charge < -0.3 is 14.2 Å². The molecular weight excluding hydrogens is 268 g/mol. The van der Waals surface area contributed by atoms with Crippen molar-refractivity contribution in [2.24, 2.45) is 0 Å². The van der Waals surface area contributed by atoms with Crippen LogP contribution in [0.4, 0.5) is 4.79 Å². The minimum atomic E-state index is -0.630. The van der Waals surface area contributed by atoms with E-state index in [9.17, 15) is 4.79 Å². The van der Waals surface area contributed by atoms with E-state index in [0.717, 1.165) is 31.2 Å². The molecule has 0 unspecified atom stereocenters. The average molecular weight is 292 g/mol. The predicted molar refractivity (Wildman–Crippen MR) is 81.1 cm³/mol. The molecule has 0 saturated heterocycles. The van der Waals surface area contributed by atoms with Gasteiger partial charge in [-0.3, -0.25) is 0 Å². The third kappa shape index (κ3) is 4.38. The Kier molecular flexibility index (Phi) is 4.76. The number of carbonyl (C=O) groups is 1. The highest BCUT2D eigenvalue weighted by molar-refractivity contribution is 5.64. The summed E-state index contributed by atoms with van der Waals surface area (Å²) < 4.78 is 15.9. The van der Waals surface area contributed by atoms with Gasteiger partial charge in [0.25, 0.3) is 0 Å². The maximum Gasteiger partial charge on any atom is 0.514 e. The molecule has 0 aromatic heterocycles. The summed E-state index contributed by atoms with van der Waals surface area (Å²) in [5, 5.41) is 0. The zero-order valence-corrected chi connectivity index (χ0v) is 13.3. The van der Waals surface area contributed by atoms with Crippen LogP contribution in [0.25, 0.3) is 0 Å². The van der Waals surface area contributed by atoms with E-state index in [-0.39, 0.29) is 11.5 Å². The van der Waals surface area contributed by atoms with Crippen molar-refractivity contribution in [3.8, 4) is 11.5 Å². The summed E-state index contributed by atoms with van der Waals surface area (Å²) in [5.74, 6) is 1.13. The highest BCUT2D eigenvalue weighted by atomic mass is 16.7. The summed E-state index contributed by atoms with van der Waals surface area (Å²) in [7, 11) is 1.60. The molecule has 0 spiro atoms. The molecule has 0 atom stereocenters. The molecule has 0 bridgehead atoms. The first-order chi connectivity index (χ1) is 9.88. The monoisotopic (exact) mass is 292 g/mol. The Bertz CT molecular complexity index is 496. The number of rotatable bonds is 3. The smallest absolute Gasteiger partial charge is 0.497 e. The summed E-state index contributed by atoms with van der Waals surface area (Å²) in [5.41, 5.74) is 0.993. The molecule has 1 aromatic rings. The molecule has 1 aromatic carbocycles. The molecule has 1 aliphatic carbocycles. The van der Waals surface area contributed by atoms with Gasteiger partial charge in [-0.2, -0.15) is 0 Å². The standard InChI is InChI=1S/C17H24O4/c1-17(2,3)12-9-14(19-4)11-15(10-12)21-16(18)20-13-7-5-6-8-13/h9-11,13H,5-8H2,1-4H3. The average Bonchev–Trinajstić information content (AvgIpc) is 2.89. The molecule has 21 heavy (non-hydrogen) atoms. The van der Waals surface area contributed by atoms with Crippen molar-refractivity contribution < 1.29 is 19.0 Å². The Morgan fingerprint density at radius 2 is 1.71 bits per heavy atom. The molecule has 0 heterocycles. The third-order valence-electron chi connectivity index (χ3n) is 3.75. The van der Waals surface area contributed by atoms with Crippen molar-refractivity contribution in [1.82, 2.24) is 0 Å². The molecule has 1 fully saturated rings. The first kappa shape index (κ1) is 15.7. The van der Waals surface area contributed by atoms with Crippen molar-refractivity contribution in [3.63, 3.8) is 0 Å². The van der Waals surface area contributed by atoms with Gasteiger partial charge in [-0.1, -0.05) is 20.8 Å². The molecule has 0 aliphatic heterocycles. The van der Waals surface area contributed by atoms with Crippen molar-refractivity contribution >= 4 is 6.16 Å². The van der Waals surface area contributed by atoms with Crippen molar-refractivity contribution in [3.05, 3.63) is 23.8 Å². The SMILES string of the molecule is COc1cc(OC(=O)OC2CCCC2)cc(C(C)(C)C)c1.